The molecule has 0 radical (unpaired) electrons. The maximum atomic E-state index is 4.94. The van der Waals surface area contributed by atoms with E-state index in [0.29, 0.717) is 0 Å². The highest BCUT2D eigenvalue weighted by molar-refractivity contribution is 5.55. The number of fused-ring (bicyclic) bond motifs is 1. The van der Waals surface area contributed by atoms with E-state index in [-0.39, 0.29) is 0 Å². The van der Waals surface area contributed by atoms with Crippen molar-refractivity contribution in [3.05, 3.63) is 42.1 Å². The van der Waals surface area contributed by atoms with E-state index in [1.807, 2.05) is 12.3 Å². The smallest absolute Gasteiger partial charge is 0.0466 e. The molecule has 2 nitrogen and oxygen atoms in total. The van der Waals surface area contributed by atoms with Crippen molar-refractivity contribution >= 4 is 5.69 Å². The molecule has 2 heterocycles. The molecule has 0 aromatic heterocycles. The minimum absolute atomic E-state index is 1.00. The molecule has 0 aliphatic carbocycles. The summed E-state index contributed by atoms with van der Waals surface area (Å²) in [6, 6.07) is 8.36. The van der Waals surface area contributed by atoms with E-state index >= 15 is 0 Å². The Morgan fingerprint density at radius 3 is 2.53 bits per heavy atom. The summed E-state index contributed by atoms with van der Waals surface area (Å²) >= 11 is 0. The number of hydrogen-bond donors (Lipinski definition) is 1. The molecule has 3 rings (SSSR count). The van der Waals surface area contributed by atoms with Gasteiger partial charge in [-0.25, -0.2) is 0 Å². The van der Waals surface area contributed by atoms with Crippen LogP contribution < -0.4 is 5.32 Å². The number of hydrogen-bond acceptors (Lipinski definition) is 2. The van der Waals surface area contributed by atoms with E-state index in [0.717, 1.165) is 19.6 Å². The predicted molar refractivity (Wildman–Crippen MR) is 63.0 cm³/mol. The van der Waals surface area contributed by atoms with Crippen LogP contribution >= 0.6 is 0 Å². The number of anilines is 1. The van der Waals surface area contributed by atoms with E-state index < -0.39 is 0 Å². The van der Waals surface area contributed by atoms with Crippen LogP contribution in [0, 0.1) is 0 Å². The summed E-state index contributed by atoms with van der Waals surface area (Å²) in [6.45, 7) is 2.00. The van der Waals surface area contributed by atoms with Gasteiger partial charge in [-0.05, 0) is 37.1 Å². The fourth-order valence-corrected chi connectivity index (χ4v) is 1.68. The molecule has 0 unspecified atom stereocenters. The van der Waals surface area contributed by atoms with Crippen LogP contribution in [-0.4, -0.2) is 13.2 Å². The minimum Gasteiger partial charge on any atom is -0.381 e. The highest BCUT2D eigenvalue weighted by atomic mass is 16.5. The monoisotopic (exact) mass is 203 g/mol. The zero-order valence-corrected chi connectivity index (χ0v) is 8.91. The van der Waals surface area contributed by atoms with Crippen molar-refractivity contribution in [2.24, 2.45) is 0 Å². The number of nitrogens with one attached hydrogen (secondary N) is 1. The van der Waals surface area contributed by atoms with Gasteiger partial charge >= 0.3 is 0 Å². The van der Waals surface area contributed by atoms with Gasteiger partial charge in [0.15, 0.2) is 0 Å². The van der Waals surface area contributed by atoms with Crippen LogP contribution in [0.15, 0.2) is 36.5 Å². The van der Waals surface area contributed by atoms with Gasteiger partial charge in [-0.1, -0.05) is 24.3 Å². The van der Waals surface area contributed by atoms with Crippen LogP contribution in [0.3, 0.4) is 0 Å². The first-order valence-corrected chi connectivity index (χ1v) is 5.54. The van der Waals surface area contributed by atoms with E-state index in [9.17, 15) is 0 Å². The first-order valence-electron chi connectivity index (χ1n) is 5.54. The minimum atomic E-state index is 1.00. The lowest BCUT2D eigenvalue weighted by Crippen LogP contribution is -1.98. The number of rotatable bonds is 0. The third kappa shape index (κ3) is 3.10. The molecular formula is C13H17NO. The molecule has 15 heavy (non-hydrogen) atoms. The van der Waals surface area contributed by atoms with Crippen molar-refractivity contribution in [1.29, 1.82) is 0 Å². The molecular weight excluding hydrogens is 186 g/mol. The summed E-state index contributed by atoms with van der Waals surface area (Å²) in [6.07, 6.45) is 7.73. The summed E-state index contributed by atoms with van der Waals surface area (Å²) in [7, 11) is 0. The molecule has 2 heteroatoms. The van der Waals surface area contributed by atoms with Gasteiger partial charge in [-0.2, -0.15) is 0 Å². The highest BCUT2D eigenvalue weighted by Crippen LogP contribution is 2.18. The first-order chi connectivity index (χ1) is 7.47. The van der Waals surface area contributed by atoms with Crippen LogP contribution in [-0.2, 0) is 11.2 Å². The van der Waals surface area contributed by atoms with Crippen LogP contribution in [0.5, 0.6) is 0 Å². The molecule has 0 atom stereocenters. The van der Waals surface area contributed by atoms with Crippen LogP contribution in [0.2, 0.25) is 0 Å². The van der Waals surface area contributed by atoms with E-state index in [1.54, 1.807) is 0 Å². The molecule has 2 aliphatic rings. The predicted octanol–water partition coefficient (Wildman–Crippen LogP) is 2.97. The number of ether oxygens (including phenoxy) is 1. The second-order valence-electron chi connectivity index (χ2n) is 3.73. The van der Waals surface area contributed by atoms with Gasteiger partial charge in [0.2, 0.25) is 0 Å². The maximum Gasteiger partial charge on any atom is 0.0466 e. The normalized spacial score (nSPS) is 17.3. The Balaban J connectivity index is 0.000000144. The summed E-state index contributed by atoms with van der Waals surface area (Å²) in [5.74, 6) is 0. The average molecular weight is 203 g/mol. The van der Waals surface area contributed by atoms with E-state index in [4.69, 9.17) is 4.74 Å². The van der Waals surface area contributed by atoms with Gasteiger partial charge in [0.25, 0.3) is 0 Å². The Labute approximate surface area is 91.0 Å². The van der Waals surface area contributed by atoms with Crippen molar-refractivity contribution in [1.82, 2.24) is 0 Å². The molecule has 2 aliphatic heterocycles. The molecule has 1 saturated heterocycles. The highest BCUT2D eigenvalue weighted by Gasteiger charge is 2.00. The molecule has 1 aromatic rings. The standard InChI is InChI=1S/C9H9N.C4H8O/c1-2-6-9-8(4-1)5-3-7-10-9;1-2-4-5-3-1/h1-4,6-7,10H,5H2;1-4H2. The van der Waals surface area contributed by atoms with Crippen molar-refractivity contribution in [3.8, 4) is 0 Å². The zero-order valence-electron chi connectivity index (χ0n) is 8.91. The lowest BCUT2D eigenvalue weighted by Gasteiger charge is -2.10. The van der Waals surface area contributed by atoms with Crippen LogP contribution in [0.1, 0.15) is 18.4 Å². The Hall–Kier alpha value is -1.28. The van der Waals surface area contributed by atoms with Crippen LogP contribution in [0.25, 0.3) is 0 Å². The summed E-state index contributed by atoms with van der Waals surface area (Å²) in [5, 5.41) is 3.18. The second kappa shape index (κ2) is 5.56. The molecule has 0 saturated carbocycles. The van der Waals surface area contributed by atoms with Crippen molar-refractivity contribution in [3.63, 3.8) is 0 Å². The summed E-state index contributed by atoms with van der Waals surface area (Å²) in [4.78, 5) is 0. The molecule has 0 bridgehead atoms. The van der Waals surface area contributed by atoms with Crippen molar-refractivity contribution in [2.75, 3.05) is 18.5 Å². The first kappa shape index (κ1) is 10.2. The average Bonchev–Trinajstić information content (AvgIpc) is 2.88. The SMILES string of the molecule is C1=CNc2ccccc2C1.C1CCOC1. The maximum absolute atomic E-state index is 4.94. The Bertz CT molecular complexity index is 294. The molecule has 1 fully saturated rings. The Morgan fingerprint density at radius 2 is 1.87 bits per heavy atom. The second-order valence-corrected chi connectivity index (χ2v) is 3.73. The number of allylic oxidation sites excluding steroid dienone is 1. The molecule has 1 aromatic carbocycles. The van der Waals surface area contributed by atoms with Crippen molar-refractivity contribution in [2.45, 2.75) is 19.3 Å². The summed E-state index contributed by atoms with van der Waals surface area (Å²) in [5.41, 5.74) is 2.62. The molecule has 0 spiro atoms. The van der Waals surface area contributed by atoms with E-state index in [1.165, 1.54) is 24.1 Å². The Kier molecular flexibility index (Phi) is 3.80. The largest absolute Gasteiger partial charge is 0.381 e. The van der Waals surface area contributed by atoms with E-state index in [2.05, 4.69) is 29.6 Å². The summed E-state index contributed by atoms with van der Waals surface area (Å²) < 4.78 is 4.94. The van der Waals surface area contributed by atoms with Gasteiger partial charge in [0.1, 0.15) is 0 Å². The quantitative estimate of drug-likeness (QED) is 0.700. The lowest BCUT2D eigenvalue weighted by molar-refractivity contribution is 0.198. The van der Waals surface area contributed by atoms with Gasteiger partial charge in [0, 0.05) is 18.9 Å². The fourth-order valence-electron chi connectivity index (χ4n) is 1.68. The molecule has 0 amide bonds. The number of para-hydroxylation sites is 1. The van der Waals surface area contributed by atoms with Gasteiger partial charge in [-0.15, -0.1) is 0 Å². The topological polar surface area (TPSA) is 21.3 Å². The molecule has 1 N–H and O–H groups in total. The third-order valence-electron chi connectivity index (χ3n) is 2.54. The van der Waals surface area contributed by atoms with Gasteiger partial charge in [0.05, 0.1) is 0 Å². The van der Waals surface area contributed by atoms with Gasteiger partial charge < -0.3 is 10.1 Å². The lowest BCUT2D eigenvalue weighted by atomic mass is 10.1. The number of benzene rings is 1. The zero-order chi connectivity index (χ0) is 10.3. The Morgan fingerprint density at radius 1 is 1.07 bits per heavy atom. The van der Waals surface area contributed by atoms with Crippen LogP contribution in [0.4, 0.5) is 5.69 Å². The van der Waals surface area contributed by atoms with Crippen molar-refractivity contribution < 1.29 is 4.74 Å². The fraction of sp³-hybridized carbons (Fsp3) is 0.385. The molecule has 80 valence electrons. The van der Waals surface area contributed by atoms with Gasteiger partial charge in [-0.3, -0.25) is 0 Å². The third-order valence-corrected chi connectivity index (χ3v) is 2.54.